The number of sulfone groups is 1. The lowest BCUT2D eigenvalue weighted by Gasteiger charge is -2.25. The maximum atomic E-state index is 12.1. The maximum absolute atomic E-state index is 12.1. The molecule has 1 N–H and O–H groups in total. The van der Waals surface area contributed by atoms with Gasteiger partial charge in [-0.05, 0) is 37.1 Å². The van der Waals surface area contributed by atoms with Gasteiger partial charge < -0.3 is 10.1 Å². The molecule has 1 aromatic carbocycles. The van der Waals surface area contributed by atoms with Crippen molar-refractivity contribution in [3.05, 3.63) is 29.8 Å². The van der Waals surface area contributed by atoms with Gasteiger partial charge in [0.2, 0.25) is 5.91 Å². The fraction of sp³-hybridized carbons (Fsp3) is 0.588. The lowest BCUT2D eigenvalue weighted by atomic mass is 10.1. The molecule has 1 unspecified atom stereocenters. The van der Waals surface area contributed by atoms with Crippen molar-refractivity contribution in [2.75, 3.05) is 38.2 Å². The van der Waals surface area contributed by atoms with Gasteiger partial charge in [0.15, 0.2) is 9.84 Å². The molecule has 2 rings (SSSR count). The number of methoxy groups -OCH3 is 1. The second kappa shape index (κ2) is 8.48. The van der Waals surface area contributed by atoms with E-state index in [1.54, 1.807) is 7.11 Å². The van der Waals surface area contributed by atoms with Crippen molar-refractivity contribution < 1.29 is 17.9 Å². The number of benzene rings is 1. The summed E-state index contributed by atoms with van der Waals surface area (Å²) in [7, 11) is -1.30. The number of hydrogen-bond acceptors (Lipinski definition) is 5. The van der Waals surface area contributed by atoms with Crippen LogP contribution in [0.3, 0.4) is 0 Å². The lowest BCUT2D eigenvalue weighted by molar-refractivity contribution is -0.122. The lowest BCUT2D eigenvalue weighted by Crippen LogP contribution is -2.43. The van der Waals surface area contributed by atoms with Gasteiger partial charge in [-0.2, -0.15) is 0 Å². The Balaban J connectivity index is 1.75. The normalized spacial score (nSPS) is 19.4. The van der Waals surface area contributed by atoms with Crippen molar-refractivity contribution in [3.63, 3.8) is 0 Å². The second-order valence-electron chi connectivity index (χ2n) is 6.07. The van der Waals surface area contributed by atoms with Crippen LogP contribution in [0.5, 0.6) is 5.75 Å². The quantitative estimate of drug-likeness (QED) is 0.749. The molecule has 1 aliphatic heterocycles. The van der Waals surface area contributed by atoms with E-state index in [0.717, 1.165) is 17.7 Å². The van der Waals surface area contributed by atoms with E-state index in [0.29, 0.717) is 19.5 Å². The molecule has 0 bridgehead atoms. The Bertz CT molecular complexity index is 643. The van der Waals surface area contributed by atoms with E-state index in [2.05, 4.69) is 5.32 Å². The maximum Gasteiger partial charge on any atom is 0.234 e. The van der Waals surface area contributed by atoms with Crippen LogP contribution in [0.25, 0.3) is 0 Å². The number of rotatable bonds is 8. The van der Waals surface area contributed by atoms with Crippen molar-refractivity contribution >= 4 is 15.7 Å². The topological polar surface area (TPSA) is 75.7 Å². The first-order valence-corrected chi connectivity index (χ1v) is 10.1. The number of carbonyl (C=O) groups excluding carboxylic acids is 1. The van der Waals surface area contributed by atoms with E-state index in [9.17, 15) is 13.2 Å². The van der Waals surface area contributed by atoms with Crippen LogP contribution in [-0.2, 0) is 21.1 Å². The molecule has 1 heterocycles. The zero-order valence-corrected chi connectivity index (χ0v) is 15.1. The van der Waals surface area contributed by atoms with Gasteiger partial charge in [0.1, 0.15) is 5.75 Å². The highest BCUT2D eigenvalue weighted by atomic mass is 32.2. The number of ether oxygens (including phenoxy) is 1. The van der Waals surface area contributed by atoms with Gasteiger partial charge in [0.25, 0.3) is 0 Å². The van der Waals surface area contributed by atoms with Gasteiger partial charge in [-0.25, -0.2) is 8.42 Å². The summed E-state index contributed by atoms with van der Waals surface area (Å²) in [5.74, 6) is 1.15. The molecule has 1 atom stereocenters. The molecule has 7 heteroatoms. The summed E-state index contributed by atoms with van der Waals surface area (Å²) in [6, 6.07) is 7.72. The van der Waals surface area contributed by atoms with Crippen molar-refractivity contribution in [1.29, 1.82) is 0 Å². The number of nitrogens with one attached hydrogen (secondary N) is 1. The molecule has 1 amide bonds. The Labute approximate surface area is 144 Å². The Morgan fingerprint density at radius 2 is 2.04 bits per heavy atom. The van der Waals surface area contributed by atoms with E-state index >= 15 is 0 Å². The summed E-state index contributed by atoms with van der Waals surface area (Å²) in [6.45, 7) is 3.44. The van der Waals surface area contributed by atoms with E-state index in [1.807, 2.05) is 36.1 Å². The highest BCUT2D eigenvalue weighted by molar-refractivity contribution is 7.91. The fourth-order valence-electron chi connectivity index (χ4n) is 2.94. The van der Waals surface area contributed by atoms with E-state index in [-0.39, 0.29) is 30.0 Å². The number of carbonyl (C=O) groups is 1. The third-order valence-electron chi connectivity index (χ3n) is 4.37. The average molecular weight is 354 g/mol. The standard InChI is InChI=1S/C17H26N2O4S/c1-3-19(15-9-11-24(21,22)13-15)12-17(20)18-10-8-14-4-6-16(23-2)7-5-14/h4-7,15H,3,8-13H2,1-2H3,(H,18,20). The SMILES string of the molecule is CCN(CC(=O)NCCc1ccc(OC)cc1)C1CCS(=O)(=O)C1. The summed E-state index contributed by atoms with van der Waals surface area (Å²) in [5.41, 5.74) is 1.13. The fourth-order valence-corrected chi connectivity index (χ4v) is 4.70. The number of nitrogens with zero attached hydrogens (tertiary/aromatic N) is 1. The van der Waals surface area contributed by atoms with Crippen molar-refractivity contribution in [1.82, 2.24) is 10.2 Å². The van der Waals surface area contributed by atoms with E-state index in [1.165, 1.54) is 0 Å². The number of likely N-dealkylation sites (N-methyl/N-ethyl adjacent to an activating group) is 1. The zero-order chi connectivity index (χ0) is 17.6. The van der Waals surface area contributed by atoms with Gasteiger partial charge in [-0.3, -0.25) is 9.69 Å². The van der Waals surface area contributed by atoms with Crippen molar-refractivity contribution in [3.8, 4) is 5.75 Å². The molecule has 0 aliphatic carbocycles. The smallest absolute Gasteiger partial charge is 0.234 e. The third-order valence-corrected chi connectivity index (χ3v) is 6.12. The molecule has 1 aromatic rings. The van der Waals surface area contributed by atoms with Gasteiger partial charge in [-0.1, -0.05) is 19.1 Å². The van der Waals surface area contributed by atoms with Gasteiger partial charge in [0, 0.05) is 12.6 Å². The summed E-state index contributed by atoms with van der Waals surface area (Å²) in [4.78, 5) is 14.1. The molecule has 1 aliphatic rings. The Hall–Kier alpha value is -1.60. The molecule has 1 saturated heterocycles. The molecule has 0 saturated carbocycles. The van der Waals surface area contributed by atoms with Crippen LogP contribution >= 0.6 is 0 Å². The van der Waals surface area contributed by atoms with Gasteiger partial charge in [-0.15, -0.1) is 0 Å². The third kappa shape index (κ3) is 5.49. The minimum atomic E-state index is -2.93. The largest absolute Gasteiger partial charge is 0.497 e. The van der Waals surface area contributed by atoms with E-state index < -0.39 is 9.84 Å². The molecular formula is C17H26N2O4S. The molecule has 0 radical (unpaired) electrons. The van der Waals surface area contributed by atoms with Crippen LogP contribution in [0.4, 0.5) is 0 Å². The minimum absolute atomic E-state index is 0.0349. The summed E-state index contributed by atoms with van der Waals surface area (Å²) >= 11 is 0. The van der Waals surface area contributed by atoms with Crippen molar-refractivity contribution in [2.45, 2.75) is 25.8 Å². The predicted octanol–water partition coefficient (Wildman–Crippen LogP) is 0.863. The molecule has 1 fully saturated rings. The molecule has 134 valence electrons. The first-order chi connectivity index (χ1) is 11.4. The summed E-state index contributed by atoms with van der Waals surface area (Å²) < 4.78 is 28.3. The van der Waals surface area contributed by atoms with Crippen LogP contribution in [0.1, 0.15) is 18.9 Å². The number of amides is 1. The Kier molecular flexibility index (Phi) is 6.62. The van der Waals surface area contributed by atoms with Crippen molar-refractivity contribution in [2.24, 2.45) is 0 Å². The minimum Gasteiger partial charge on any atom is -0.497 e. The van der Waals surface area contributed by atoms with Crippen LogP contribution in [0, 0.1) is 0 Å². The molecule has 6 nitrogen and oxygen atoms in total. The average Bonchev–Trinajstić information content (AvgIpc) is 2.93. The molecule has 0 spiro atoms. The molecular weight excluding hydrogens is 328 g/mol. The highest BCUT2D eigenvalue weighted by Gasteiger charge is 2.32. The zero-order valence-electron chi connectivity index (χ0n) is 14.3. The second-order valence-corrected chi connectivity index (χ2v) is 8.30. The molecule has 0 aromatic heterocycles. The van der Waals surface area contributed by atoms with Crippen LogP contribution in [-0.4, -0.2) is 63.5 Å². The first kappa shape index (κ1) is 18.7. The highest BCUT2D eigenvalue weighted by Crippen LogP contribution is 2.17. The van der Waals surface area contributed by atoms with E-state index in [4.69, 9.17) is 4.74 Å². The van der Waals surface area contributed by atoms with Crippen LogP contribution < -0.4 is 10.1 Å². The van der Waals surface area contributed by atoms with Crippen LogP contribution in [0.2, 0.25) is 0 Å². The van der Waals surface area contributed by atoms with Crippen LogP contribution in [0.15, 0.2) is 24.3 Å². The Morgan fingerprint density at radius 1 is 1.33 bits per heavy atom. The predicted molar refractivity (Wildman–Crippen MR) is 94.0 cm³/mol. The van der Waals surface area contributed by atoms with Gasteiger partial charge in [0.05, 0.1) is 25.2 Å². The summed E-state index contributed by atoms with van der Waals surface area (Å²) in [6.07, 6.45) is 1.37. The first-order valence-electron chi connectivity index (χ1n) is 8.27. The number of hydrogen-bond donors (Lipinski definition) is 1. The Morgan fingerprint density at radius 3 is 2.58 bits per heavy atom. The summed E-state index contributed by atoms with van der Waals surface area (Å²) in [5, 5.41) is 2.91. The van der Waals surface area contributed by atoms with Gasteiger partial charge >= 0.3 is 0 Å². The molecule has 24 heavy (non-hydrogen) atoms. The monoisotopic (exact) mass is 354 g/mol.